The van der Waals surface area contributed by atoms with Crippen LogP contribution in [-0.2, 0) is 0 Å². The predicted octanol–water partition coefficient (Wildman–Crippen LogP) is 4.92. The van der Waals surface area contributed by atoms with Gasteiger partial charge in [0.15, 0.2) is 5.43 Å². The van der Waals surface area contributed by atoms with Crippen molar-refractivity contribution in [3.8, 4) is 10.4 Å². The molecule has 0 N–H and O–H groups in total. The molecule has 0 bridgehead atoms. The Bertz CT molecular complexity index is 706. The van der Waals surface area contributed by atoms with E-state index in [1.165, 1.54) is 0 Å². The van der Waals surface area contributed by atoms with Crippen molar-refractivity contribution in [3.63, 3.8) is 0 Å². The molecule has 0 radical (unpaired) electrons. The Balaban J connectivity index is 2.57. The minimum atomic E-state index is 0.0251. The van der Waals surface area contributed by atoms with Gasteiger partial charge in [0, 0.05) is 21.9 Å². The molecule has 1 heterocycles. The van der Waals surface area contributed by atoms with Gasteiger partial charge in [0.25, 0.3) is 0 Å². The van der Waals surface area contributed by atoms with Crippen LogP contribution in [0.2, 0.25) is 0 Å². The summed E-state index contributed by atoms with van der Waals surface area (Å²) in [5.74, 6) is 0. The van der Waals surface area contributed by atoms with Gasteiger partial charge in [0.2, 0.25) is 0 Å². The maximum absolute atomic E-state index is 11.9. The van der Waals surface area contributed by atoms with Gasteiger partial charge in [0.1, 0.15) is 0 Å². The highest BCUT2D eigenvalue weighted by atomic mass is 32.1. The molecule has 0 fully saturated rings. The number of rotatable bonds is 4. The van der Waals surface area contributed by atoms with Crippen LogP contribution in [-0.4, -0.2) is 0 Å². The molecule has 0 amide bonds. The van der Waals surface area contributed by atoms with E-state index >= 15 is 0 Å². The fraction of sp³-hybridized carbons (Fsp3) is 0.0556. The van der Waals surface area contributed by atoms with E-state index in [1.807, 2.05) is 55.5 Å². The highest BCUT2D eigenvalue weighted by Crippen LogP contribution is 2.28. The van der Waals surface area contributed by atoms with Crippen molar-refractivity contribution in [2.45, 2.75) is 6.92 Å². The van der Waals surface area contributed by atoms with Crippen LogP contribution in [0.25, 0.3) is 16.0 Å². The summed E-state index contributed by atoms with van der Waals surface area (Å²) in [6.45, 7) is 5.69. The minimum Gasteiger partial charge on any atom is -0.290 e. The van der Waals surface area contributed by atoms with Gasteiger partial charge in [-0.3, -0.25) is 4.79 Å². The smallest absolute Gasteiger partial charge is 0.181 e. The monoisotopic (exact) mass is 280 g/mol. The first-order chi connectivity index (χ1) is 9.74. The first-order valence-corrected chi connectivity index (χ1v) is 7.22. The third kappa shape index (κ3) is 3.43. The molecule has 2 aromatic rings. The topological polar surface area (TPSA) is 17.1 Å². The molecule has 1 nitrogen and oxygen atoms in total. The van der Waals surface area contributed by atoms with Crippen molar-refractivity contribution in [1.29, 1.82) is 0 Å². The summed E-state index contributed by atoms with van der Waals surface area (Å²) in [6.07, 6.45) is 7.60. The molecule has 0 aliphatic carbocycles. The number of hydrogen-bond acceptors (Lipinski definition) is 2. The van der Waals surface area contributed by atoms with Gasteiger partial charge >= 0.3 is 0 Å². The zero-order valence-electron chi connectivity index (χ0n) is 11.4. The zero-order chi connectivity index (χ0) is 14.4. The SMILES string of the molecule is C=C/C=C(\C=C/C)c1cc(=O)cc(-c2ccccc2)s1. The second kappa shape index (κ2) is 6.83. The molecule has 1 aromatic carbocycles. The van der Waals surface area contributed by atoms with Crippen LogP contribution in [0.4, 0.5) is 0 Å². The fourth-order valence-corrected chi connectivity index (χ4v) is 2.99. The van der Waals surface area contributed by atoms with Crippen molar-refractivity contribution in [2.75, 3.05) is 0 Å². The minimum absolute atomic E-state index is 0.0251. The second-order valence-corrected chi connectivity index (χ2v) is 5.33. The molecular formula is C18H16OS. The van der Waals surface area contributed by atoms with Crippen LogP contribution < -0.4 is 5.43 Å². The maximum atomic E-state index is 11.9. The van der Waals surface area contributed by atoms with Gasteiger partial charge in [-0.05, 0) is 18.1 Å². The van der Waals surface area contributed by atoms with E-state index in [9.17, 15) is 4.79 Å². The Hall–Kier alpha value is -2.19. The highest BCUT2D eigenvalue weighted by Gasteiger charge is 2.05. The van der Waals surface area contributed by atoms with E-state index in [4.69, 9.17) is 0 Å². The van der Waals surface area contributed by atoms with Crippen LogP contribution in [0.1, 0.15) is 11.8 Å². The van der Waals surface area contributed by atoms with E-state index in [0.29, 0.717) is 0 Å². The fourth-order valence-electron chi connectivity index (χ4n) is 1.89. The predicted molar refractivity (Wildman–Crippen MR) is 89.0 cm³/mol. The largest absolute Gasteiger partial charge is 0.290 e. The molecule has 0 spiro atoms. The average molecular weight is 280 g/mol. The standard InChI is InChI=1S/C18H16OS/c1-3-8-14(9-4-2)17-12-16(19)13-18(20-17)15-10-6-5-7-11-15/h3-13H,1H2,2H3/b9-4-,14-8+. The van der Waals surface area contributed by atoms with Gasteiger partial charge in [-0.15, -0.1) is 11.3 Å². The summed E-state index contributed by atoms with van der Waals surface area (Å²) in [5, 5.41) is 0. The summed E-state index contributed by atoms with van der Waals surface area (Å²) in [5.41, 5.74) is 2.09. The lowest BCUT2D eigenvalue weighted by molar-refractivity contribution is 1.60. The van der Waals surface area contributed by atoms with Crippen LogP contribution in [0.3, 0.4) is 0 Å². The third-order valence-corrected chi connectivity index (χ3v) is 3.90. The van der Waals surface area contributed by atoms with E-state index < -0.39 is 0 Å². The Labute approximate surface area is 123 Å². The second-order valence-electron chi connectivity index (χ2n) is 4.25. The van der Waals surface area contributed by atoms with Gasteiger partial charge in [-0.2, -0.15) is 0 Å². The molecule has 0 atom stereocenters. The molecular weight excluding hydrogens is 264 g/mol. The van der Waals surface area contributed by atoms with E-state index in [0.717, 1.165) is 20.9 Å². The van der Waals surface area contributed by atoms with Crippen LogP contribution >= 0.6 is 11.3 Å². The van der Waals surface area contributed by atoms with Crippen molar-refractivity contribution in [3.05, 3.63) is 88.4 Å². The molecule has 0 saturated carbocycles. The molecule has 1 aromatic heterocycles. The Morgan fingerprint density at radius 3 is 2.60 bits per heavy atom. The summed E-state index contributed by atoms with van der Waals surface area (Å²) in [6, 6.07) is 13.3. The first kappa shape index (κ1) is 14.2. The van der Waals surface area contributed by atoms with E-state index in [1.54, 1.807) is 29.5 Å². The van der Waals surface area contributed by atoms with Crippen molar-refractivity contribution in [1.82, 2.24) is 0 Å². The molecule has 20 heavy (non-hydrogen) atoms. The summed E-state index contributed by atoms with van der Waals surface area (Å²) in [4.78, 5) is 13.9. The van der Waals surface area contributed by atoms with E-state index in [-0.39, 0.29) is 5.43 Å². The number of allylic oxidation sites excluding steroid dienone is 5. The number of benzene rings is 1. The zero-order valence-corrected chi connectivity index (χ0v) is 12.2. The maximum Gasteiger partial charge on any atom is 0.181 e. The molecule has 2 rings (SSSR count). The van der Waals surface area contributed by atoms with E-state index in [2.05, 4.69) is 6.58 Å². The van der Waals surface area contributed by atoms with Gasteiger partial charge < -0.3 is 0 Å². The summed E-state index contributed by atoms with van der Waals surface area (Å²) >= 11 is 1.61. The quantitative estimate of drug-likeness (QED) is 0.726. The molecule has 0 unspecified atom stereocenters. The van der Waals surface area contributed by atoms with Crippen molar-refractivity contribution >= 4 is 16.9 Å². The molecule has 0 saturated heterocycles. The lowest BCUT2D eigenvalue weighted by Crippen LogP contribution is -1.98. The van der Waals surface area contributed by atoms with Gasteiger partial charge in [0.05, 0.1) is 0 Å². The Kier molecular flexibility index (Phi) is 4.85. The van der Waals surface area contributed by atoms with Crippen molar-refractivity contribution < 1.29 is 0 Å². The lowest BCUT2D eigenvalue weighted by Gasteiger charge is -2.05. The van der Waals surface area contributed by atoms with Gasteiger partial charge in [-0.25, -0.2) is 0 Å². The molecule has 0 aliphatic heterocycles. The normalized spacial score (nSPS) is 11.8. The summed E-state index contributed by atoms with van der Waals surface area (Å²) in [7, 11) is 0. The van der Waals surface area contributed by atoms with Crippen LogP contribution in [0.15, 0.2) is 78.1 Å². The molecule has 0 aliphatic rings. The molecule has 100 valence electrons. The van der Waals surface area contributed by atoms with Gasteiger partial charge in [-0.1, -0.05) is 61.2 Å². The van der Waals surface area contributed by atoms with Crippen LogP contribution in [0, 0.1) is 0 Å². The third-order valence-electron chi connectivity index (χ3n) is 2.75. The Morgan fingerprint density at radius 2 is 1.95 bits per heavy atom. The van der Waals surface area contributed by atoms with Crippen LogP contribution in [0.5, 0.6) is 0 Å². The average Bonchev–Trinajstić information content (AvgIpc) is 2.47. The van der Waals surface area contributed by atoms with Crippen molar-refractivity contribution in [2.24, 2.45) is 0 Å². The Morgan fingerprint density at radius 1 is 1.20 bits per heavy atom. The number of hydrogen-bond donors (Lipinski definition) is 0. The highest BCUT2D eigenvalue weighted by molar-refractivity contribution is 7.16. The summed E-state index contributed by atoms with van der Waals surface area (Å²) < 4.78 is 0. The lowest BCUT2D eigenvalue weighted by atomic mass is 10.1. The molecule has 2 heteroatoms. The first-order valence-electron chi connectivity index (χ1n) is 6.41.